The third-order valence-electron chi connectivity index (χ3n) is 2.51. The lowest BCUT2D eigenvalue weighted by Gasteiger charge is -2.21. The number of aromatic carboxylic acids is 1. The van der Waals surface area contributed by atoms with E-state index < -0.39 is 40.2 Å². The number of nitro groups is 1. The summed E-state index contributed by atoms with van der Waals surface area (Å²) in [6.07, 6.45) is 0. The highest BCUT2D eigenvalue weighted by Gasteiger charge is 2.25. The first-order valence-corrected chi connectivity index (χ1v) is 5.46. The predicted molar refractivity (Wildman–Crippen MR) is 66.2 cm³/mol. The molecule has 1 aromatic rings. The fourth-order valence-electron chi connectivity index (χ4n) is 1.36. The molecule has 0 heterocycles. The van der Waals surface area contributed by atoms with Crippen molar-refractivity contribution >= 4 is 17.3 Å². The second kappa shape index (κ2) is 5.80. The highest BCUT2D eigenvalue weighted by molar-refractivity contribution is 5.93. The molecule has 0 radical (unpaired) electrons. The van der Waals surface area contributed by atoms with Gasteiger partial charge in [0.15, 0.2) is 5.82 Å². The van der Waals surface area contributed by atoms with Crippen LogP contribution in [-0.2, 0) is 0 Å². The molecule has 1 atom stereocenters. The molecule has 1 unspecified atom stereocenters. The van der Waals surface area contributed by atoms with Crippen molar-refractivity contribution in [3.05, 3.63) is 33.6 Å². The molecular weight excluding hydrogens is 275 g/mol. The van der Waals surface area contributed by atoms with Crippen LogP contribution in [0.15, 0.2) is 12.1 Å². The molecule has 0 fully saturated rings. The van der Waals surface area contributed by atoms with Gasteiger partial charge in [-0.2, -0.15) is 0 Å². The Balaban J connectivity index is 3.13. The number of aliphatic hydroxyl groups is 2. The van der Waals surface area contributed by atoms with Crippen molar-refractivity contribution in [2.45, 2.75) is 12.5 Å². The number of rotatable bonds is 6. The minimum absolute atomic E-state index is 0.267. The Morgan fingerprint density at radius 3 is 2.60 bits per heavy atom. The molecule has 0 saturated heterocycles. The number of benzene rings is 1. The largest absolute Gasteiger partial charge is 0.477 e. The molecule has 0 aliphatic carbocycles. The Labute approximate surface area is 112 Å². The SMILES string of the molecule is CC(O)(CO)CNc1cc(C(=O)O)c([N+](=O)[O-])cc1F. The first kappa shape index (κ1) is 15.8. The third kappa shape index (κ3) is 3.62. The van der Waals surface area contributed by atoms with E-state index in [1.165, 1.54) is 6.92 Å². The van der Waals surface area contributed by atoms with Crippen LogP contribution in [0.1, 0.15) is 17.3 Å². The van der Waals surface area contributed by atoms with Crippen molar-refractivity contribution in [2.75, 3.05) is 18.5 Å². The summed E-state index contributed by atoms with van der Waals surface area (Å²) in [5.74, 6) is -2.61. The molecule has 9 heteroatoms. The van der Waals surface area contributed by atoms with Gasteiger partial charge in [-0.3, -0.25) is 10.1 Å². The average Bonchev–Trinajstić information content (AvgIpc) is 2.36. The molecule has 8 nitrogen and oxygen atoms in total. The summed E-state index contributed by atoms with van der Waals surface area (Å²) >= 11 is 0. The van der Waals surface area contributed by atoms with E-state index in [9.17, 15) is 24.4 Å². The minimum atomic E-state index is -1.58. The maximum absolute atomic E-state index is 13.6. The molecule has 0 saturated carbocycles. The van der Waals surface area contributed by atoms with Gasteiger partial charge in [0.25, 0.3) is 5.69 Å². The van der Waals surface area contributed by atoms with E-state index in [0.29, 0.717) is 6.07 Å². The van der Waals surface area contributed by atoms with Crippen molar-refractivity contribution < 1.29 is 29.4 Å². The van der Waals surface area contributed by atoms with Crippen molar-refractivity contribution in [3.63, 3.8) is 0 Å². The molecule has 0 aliphatic rings. The highest BCUT2D eigenvalue weighted by Crippen LogP contribution is 2.26. The summed E-state index contributed by atoms with van der Waals surface area (Å²) < 4.78 is 13.6. The van der Waals surface area contributed by atoms with E-state index in [2.05, 4.69) is 5.32 Å². The van der Waals surface area contributed by atoms with Crippen molar-refractivity contribution in [1.29, 1.82) is 0 Å². The zero-order valence-electron chi connectivity index (χ0n) is 10.5. The van der Waals surface area contributed by atoms with E-state index in [-0.39, 0.29) is 12.2 Å². The molecule has 110 valence electrons. The Bertz CT molecular complexity index is 546. The highest BCUT2D eigenvalue weighted by atomic mass is 19.1. The second-order valence-corrected chi connectivity index (χ2v) is 4.42. The van der Waals surface area contributed by atoms with E-state index in [1.54, 1.807) is 0 Å². The lowest BCUT2D eigenvalue weighted by Crippen LogP contribution is -2.37. The van der Waals surface area contributed by atoms with Crippen LogP contribution in [0.5, 0.6) is 0 Å². The first-order chi connectivity index (χ1) is 9.18. The monoisotopic (exact) mass is 288 g/mol. The third-order valence-corrected chi connectivity index (χ3v) is 2.51. The van der Waals surface area contributed by atoms with Gasteiger partial charge in [0.05, 0.1) is 23.3 Å². The topological polar surface area (TPSA) is 133 Å². The number of hydrogen-bond donors (Lipinski definition) is 4. The van der Waals surface area contributed by atoms with Gasteiger partial charge < -0.3 is 20.6 Å². The number of aliphatic hydroxyl groups excluding tert-OH is 1. The molecule has 0 bridgehead atoms. The van der Waals surface area contributed by atoms with Crippen LogP contribution in [0.3, 0.4) is 0 Å². The number of anilines is 1. The second-order valence-electron chi connectivity index (χ2n) is 4.42. The van der Waals surface area contributed by atoms with Gasteiger partial charge in [-0.1, -0.05) is 0 Å². The number of nitrogens with zero attached hydrogens (tertiary/aromatic N) is 1. The Kier molecular flexibility index (Phi) is 4.58. The summed E-state index contributed by atoms with van der Waals surface area (Å²) in [6.45, 7) is 0.416. The van der Waals surface area contributed by atoms with E-state index >= 15 is 0 Å². The van der Waals surface area contributed by atoms with E-state index in [4.69, 9.17) is 10.2 Å². The number of carboxylic acid groups (broad SMARTS) is 1. The number of carboxylic acids is 1. The van der Waals surface area contributed by atoms with Crippen LogP contribution < -0.4 is 5.32 Å². The normalized spacial score (nSPS) is 13.6. The van der Waals surface area contributed by atoms with Crippen LogP contribution in [0.25, 0.3) is 0 Å². The summed E-state index contributed by atoms with van der Waals surface area (Å²) in [7, 11) is 0. The van der Waals surface area contributed by atoms with Crippen molar-refractivity contribution in [1.82, 2.24) is 0 Å². The molecule has 4 N–H and O–H groups in total. The Morgan fingerprint density at radius 1 is 1.55 bits per heavy atom. The zero-order valence-corrected chi connectivity index (χ0v) is 10.5. The van der Waals surface area contributed by atoms with Crippen LogP contribution in [0, 0.1) is 15.9 Å². The number of hydrogen-bond acceptors (Lipinski definition) is 6. The lowest BCUT2D eigenvalue weighted by molar-refractivity contribution is -0.385. The summed E-state index contributed by atoms with van der Waals surface area (Å²) in [4.78, 5) is 20.5. The molecule has 0 spiro atoms. The molecule has 0 amide bonds. The number of nitrogens with one attached hydrogen (secondary N) is 1. The van der Waals surface area contributed by atoms with Crippen molar-refractivity contribution in [2.24, 2.45) is 0 Å². The van der Waals surface area contributed by atoms with Gasteiger partial charge in [0.1, 0.15) is 11.2 Å². The first-order valence-electron chi connectivity index (χ1n) is 5.46. The van der Waals surface area contributed by atoms with Gasteiger partial charge in [0.2, 0.25) is 0 Å². The van der Waals surface area contributed by atoms with Gasteiger partial charge >= 0.3 is 5.97 Å². The maximum atomic E-state index is 13.6. The summed E-state index contributed by atoms with van der Waals surface area (Å²) in [5.41, 5.74) is -3.41. The Morgan fingerprint density at radius 2 is 2.15 bits per heavy atom. The molecule has 20 heavy (non-hydrogen) atoms. The molecule has 1 aromatic carbocycles. The van der Waals surface area contributed by atoms with Crippen LogP contribution in [0.4, 0.5) is 15.8 Å². The summed E-state index contributed by atoms with van der Waals surface area (Å²) in [5, 5.41) is 40.3. The summed E-state index contributed by atoms with van der Waals surface area (Å²) in [6, 6.07) is 1.25. The van der Waals surface area contributed by atoms with Gasteiger partial charge in [-0.05, 0) is 13.0 Å². The van der Waals surface area contributed by atoms with E-state index in [0.717, 1.165) is 6.07 Å². The molecule has 0 aromatic heterocycles. The van der Waals surface area contributed by atoms with Crippen molar-refractivity contribution in [3.8, 4) is 0 Å². The van der Waals surface area contributed by atoms with Crippen LogP contribution in [-0.4, -0.2) is 45.0 Å². The average molecular weight is 288 g/mol. The van der Waals surface area contributed by atoms with Crippen LogP contribution in [0.2, 0.25) is 0 Å². The fourth-order valence-corrected chi connectivity index (χ4v) is 1.36. The standard InChI is InChI=1S/C11H13FN2O6/c1-11(18,5-15)4-13-8-2-6(10(16)17)9(14(19)20)3-7(8)12/h2-3,13,15,18H,4-5H2,1H3,(H,16,17). The number of halogens is 1. The van der Waals surface area contributed by atoms with E-state index in [1.807, 2.05) is 0 Å². The molecule has 1 rings (SSSR count). The van der Waals surface area contributed by atoms with Gasteiger partial charge in [-0.15, -0.1) is 0 Å². The smallest absolute Gasteiger partial charge is 0.342 e. The predicted octanol–water partition coefficient (Wildman–Crippen LogP) is 0.587. The maximum Gasteiger partial charge on any atom is 0.342 e. The van der Waals surface area contributed by atoms with Gasteiger partial charge in [0, 0.05) is 6.54 Å². The molecular formula is C11H13FN2O6. The lowest BCUT2D eigenvalue weighted by atomic mass is 10.1. The van der Waals surface area contributed by atoms with Gasteiger partial charge in [-0.25, -0.2) is 9.18 Å². The minimum Gasteiger partial charge on any atom is -0.477 e. The zero-order chi connectivity index (χ0) is 15.5. The van der Waals surface area contributed by atoms with Crippen LogP contribution >= 0.6 is 0 Å². The molecule has 0 aliphatic heterocycles. The fraction of sp³-hybridized carbons (Fsp3) is 0.364. The Hall–Kier alpha value is -2.26. The number of nitro benzene ring substituents is 1. The quantitative estimate of drug-likeness (QED) is 0.444. The number of carbonyl (C=O) groups is 1.